The van der Waals surface area contributed by atoms with E-state index >= 15 is 0 Å². The summed E-state index contributed by atoms with van der Waals surface area (Å²) in [6.07, 6.45) is -1.04. The summed E-state index contributed by atoms with van der Waals surface area (Å²) in [7, 11) is 0. The van der Waals surface area contributed by atoms with Crippen LogP contribution >= 0.6 is 0 Å². The Kier molecular flexibility index (Phi) is 3.30. The van der Waals surface area contributed by atoms with Gasteiger partial charge in [0.1, 0.15) is 0 Å². The lowest BCUT2D eigenvalue weighted by Gasteiger charge is -2.32. The quantitative estimate of drug-likeness (QED) is 0.810. The highest BCUT2D eigenvalue weighted by molar-refractivity contribution is 5.93. The van der Waals surface area contributed by atoms with E-state index in [9.17, 15) is 18.0 Å². The van der Waals surface area contributed by atoms with Crippen LogP contribution in [0.5, 0.6) is 0 Å². The highest BCUT2D eigenvalue weighted by atomic mass is 19.4. The molecule has 1 aliphatic rings. The molecule has 0 bridgehead atoms. The standard InChI is InChI=1S/C13H13F3N4O/c14-13(15,16)9-2-6-19(7-3-9)12(21)10-8-11-17-4-1-5-20(11)18-10/h1,4-5,8-9H,2-3,6-7H2. The monoisotopic (exact) mass is 298 g/mol. The van der Waals surface area contributed by atoms with Crippen LogP contribution in [0.1, 0.15) is 23.3 Å². The van der Waals surface area contributed by atoms with Gasteiger partial charge in [-0.2, -0.15) is 18.3 Å². The molecule has 3 heterocycles. The van der Waals surface area contributed by atoms with Crippen LogP contribution < -0.4 is 0 Å². The first kappa shape index (κ1) is 13.8. The highest BCUT2D eigenvalue weighted by Gasteiger charge is 2.41. The van der Waals surface area contributed by atoms with Crippen LogP contribution in [0, 0.1) is 5.92 Å². The molecule has 112 valence electrons. The summed E-state index contributed by atoms with van der Waals surface area (Å²) in [4.78, 5) is 17.7. The molecule has 1 amide bonds. The summed E-state index contributed by atoms with van der Waals surface area (Å²) in [5, 5.41) is 4.10. The van der Waals surface area contributed by atoms with Crippen molar-refractivity contribution >= 4 is 11.6 Å². The van der Waals surface area contributed by atoms with Gasteiger partial charge in [-0.3, -0.25) is 4.79 Å². The van der Waals surface area contributed by atoms with Gasteiger partial charge in [-0.25, -0.2) is 9.50 Å². The average molecular weight is 298 g/mol. The molecule has 1 saturated heterocycles. The summed E-state index contributed by atoms with van der Waals surface area (Å²) in [6, 6.07) is 3.22. The minimum Gasteiger partial charge on any atom is -0.337 e. The van der Waals surface area contributed by atoms with E-state index in [-0.39, 0.29) is 37.5 Å². The number of hydrogen-bond acceptors (Lipinski definition) is 3. The van der Waals surface area contributed by atoms with Gasteiger partial charge in [-0.05, 0) is 18.9 Å². The number of carbonyl (C=O) groups is 1. The first-order valence-corrected chi connectivity index (χ1v) is 6.61. The van der Waals surface area contributed by atoms with E-state index in [1.54, 1.807) is 18.5 Å². The smallest absolute Gasteiger partial charge is 0.337 e. The molecule has 2 aromatic heterocycles. The van der Waals surface area contributed by atoms with Crippen LogP contribution in [-0.2, 0) is 0 Å². The van der Waals surface area contributed by atoms with E-state index in [1.807, 2.05) is 0 Å². The van der Waals surface area contributed by atoms with Gasteiger partial charge in [0.05, 0.1) is 5.92 Å². The number of halogens is 3. The van der Waals surface area contributed by atoms with Gasteiger partial charge in [-0.15, -0.1) is 0 Å². The summed E-state index contributed by atoms with van der Waals surface area (Å²) < 4.78 is 39.3. The van der Waals surface area contributed by atoms with E-state index in [0.29, 0.717) is 5.65 Å². The molecule has 0 N–H and O–H groups in total. The molecule has 5 nitrogen and oxygen atoms in total. The predicted octanol–water partition coefficient (Wildman–Crippen LogP) is 2.14. The largest absolute Gasteiger partial charge is 0.391 e. The maximum Gasteiger partial charge on any atom is 0.391 e. The molecule has 3 rings (SSSR count). The van der Waals surface area contributed by atoms with Crippen molar-refractivity contribution in [2.45, 2.75) is 19.0 Å². The van der Waals surface area contributed by atoms with Gasteiger partial charge >= 0.3 is 6.18 Å². The zero-order valence-electron chi connectivity index (χ0n) is 11.0. The van der Waals surface area contributed by atoms with Crippen molar-refractivity contribution in [3.63, 3.8) is 0 Å². The molecule has 0 atom stereocenters. The number of alkyl halides is 3. The molecular weight excluding hydrogens is 285 g/mol. The van der Waals surface area contributed by atoms with E-state index in [2.05, 4.69) is 10.1 Å². The van der Waals surface area contributed by atoms with Gasteiger partial charge in [0.25, 0.3) is 5.91 Å². The van der Waals surface area contributed by atoms with Crippen molar-refractivity contribution in [1.29, 1.82) is 0 Å². The van der Waals surface area contributed by atoms with Crippen LogP contribution in [-0.4, -0.2) is 44.7 Å². The summed E-state index contributed by atoms with van der Waals surface area (Å²) in [5.74, 6) is -1.66. The molecule has 1 aliphatic heterocycles. The molecule has 0 aromatic carbocycles. The van der Waals surface area contributed by atoms with Gasteiger partial charge in [0, 0.05) is 31.5 Å². The zero-order valence-corrected chi connectivity index (χ0v) is 11.0. The minimum atomic E-state index is -4.18. The second-order valence-corrected chi connectivity index (χ2v) is 5.06. The maximum absolute atomic E-state index is 12.6. The first-order valence-electron chi connectivity index (χ1n) is 6.61. The van der Waals surface area contributed by atoms with E-state index in [0.717, 1.165) is 0 Å². The molecular formula is C13H13F3N4O. The normalized spacial score (nSPS) is 17.4. The Bertz CT molecular complexity index is 626. The summed E-state index contributed by atoms with van der Waals surface area (Å²) in [5.41, 5.74) is 0.741. The zero-order chi connectivity index (χ0) is 15.0. The number of nitrogens with zero attached hydrogens (tertiary/aromatic N) is 4. The SMILES string of the molecule is O=C(c1cc2ncccn2n1)N1CCC(C(F)(F)F)CC1. The van der Waals surface area contributed by atoms with Gasteiger partial charge in [-0.1, -0.05) is 0 Å². The molecule has 21 heavy (non-hydrogen) atoms. The maximum atomic E-state index is 12.6. The Morgan fingerprint density at radius 1 is 1.29 bits per heavy atom. The van der Waals surface area contributed by atoms with Crippen molar-refractivity contribution in [1.82, 2.24) is 19.5 Å². The number of hydrogen-bond donors (Lipinski definition) is 0. The van der Waals surface area contributed by atoms with Crippen molar-refractivity contribution < 1.29 is 18.0 Å². The highest BCUT2D eigenvalue weighted by Crippen LogP contribution is 2.34. The Morgan fingerprint density at radius 2 is 2.00 bits per heavy atom. The van der Waals surface area contributed by atoms with Crippen LogP contribution in [0.15, 0.2) is 24.5 Å². The second-order valence-electron chi connectivity index (χ2n) is 5.06. The fourth-order valence-corrected chi connectivity index (χ4v) is 2.51. The number of fused-ring (bicyclic) bond motifs is 1. The molecule has 0 radical (unpaired) electrons. The summed E-state index contributed by atoms with van der Waals surface area (Å²) in [6.45, 7) is 0.203. The third-order valence-corrected chi connectivity index (χ3v) is 3.70. The Balaban J connectivity index is 1.72. The first-order chi connectivity index (χ1) is 9.95. The van der Waals surface area contributed by atoms with E-state index in [4.69, 9.17) is 0 Å². The van der Waals surface area contributed by atoms with Crippen LogP contribution in [0.3, 0.4) is 0 Å². The minimum absolute atomic E-state index is 0.0547. The lowest BCUT2D eigenvalue weighted by molar-refractivity contribution is -0.183. The topological polar surface area (TPSA) is 50.5 Å². The van der Waals surface area contributed by atoms with E-state index < -0.39 is 12.1 Å². The van der Waals surface area contributed by atoms with Crippen molar-refractivity contribution in [3.05, 3.63) is 30.2 Å². The van der Waals surface area contributed by atoms with Crippen molar-refractivity contribution in [3.8, 4) is 0 Å². The molecule has 0 saturated carbocycles. The van der Waals surface area contributed by atoms with Crippen molar-refractivity contribution in [2.75, 3.05) is 13.1 Å². The Hall–Kier alpha value is -2.12. The molecule has 2 aromatic rings. The fraction of sp³-hybridized carbons (Fsp3) is 0.462. The number of aromatic nitrogens is 3. The third kappa shape index (κ3) is 2.70. The number of piperidine rings is 1. The fourth-order valence-electron chi connectivity index (χ4n) is 2.51. The average Bonchev–Trinajstić information content (AvgIpc) is 2.89. The Labute approximate surface area is 118 Å². The molecule has 1 fully saturated rings. The number of carbonyl (C=O) groups excluding carboxylic acids is 1. The molecule has 8 heteroatoms. The predicted molar refractivity (Wildman–Crippen MR) is 67.7 cm³/mol. The Morgan fingerprint density at radius 3 is 2.62 bits per heavy atom. The third-order valence-electron chi connectivity index (χ3n) is 3.70. The van der Waals surface area contributed by atoms with Gasteiger partial charge < -0.3 is 4.90 Å². The molecule has 0 aliphatic carbocycles. The van der Waals surface area contributed by atoms with Gasteiger partial charge in [0.2, 0.25) is 0 Å². The molecule has 0 unspecified atom stereocenters. The number of rotatable bonds is 1. The number of amides is 1. The van der Waals surface area contributed by atoms with Crippen LogP contribution in [0.2, 0.25) is 0 Å². The van der Waals surface area contributed by atoms with Crippen molar-refractivity contribution in [2.24, 2.45) is 5.92 Å². The van der Waals surface area contributed by atoms with E-state index in [1.165, 1.54) is 15.5 Å². The summed E-state index contributed by atoms with van der Waals surface area (Å²) >= 11 is 0. The number of likely N-dealkylation sites (tertiary alicyclic amines) is 1. The lowest BCUT2D eigenvalue weighted by Crippen LogP contribution is -2.42. The molecule has 0 spiro atoms. The lowest BCUT2D eigenvalue weighted by atomic mass is 9.96. The second kappa shape index (κ2) is 5.01. The van der Waals surface area contributed by atoms with Crippen LogP contribution in [0.25, 0.3) is 5.65 Å². The van der Waals surface area contributed by atoms with Crippen LogP contribution in [0.4, 0.5) is 13.2 Å². The van der Waals surface area contributed by atoms with Gasteiger partial charge in [0.15, 0.2) is 11.3 Å².